The third kappa shape index (κ3) is 4.39. The van der Waals surface area contributed by atoms with Crippen LogP contribution in [0.3, 0.4) is 0 Å². The zero-order valence-electron chi connectivity index (χ0n) is 13.6. The summed E-state index contributed by atoms with van der Waals surface area (Å²) in [5.41, 5.74) is 1.01. The van der Waals surface area contributed by atoms with Crippen LogP contribution in [0.4, 0.5) is 5.69 Å². The van der Waals surface area contributed by atoms with Crippen molar-refractivity contribution in [3.05, 3.63) is 57.7 Å². The van der Waals surface area contributed by atoms with Gasteiger partial charge in [0.25, 0.3) is 5.91 Å². The molecule has 0 bridgehead atoms. The fraction of sp³-hybridized carbons (Fsp3) is 0.278. The zero-order chi connectivity index (χ0) is 17.9. The van der Waals surface area contributed by atoms with Crippen molar-refractivity contribution in [1.29, 1.82) is 0 Å². The molecule has 1 saturated heterocycles. The Kier molecular flexibility index (Phi) is 5.75. The molecule has 0 aliphatic carbocycles. The third-order valence-electron chi connectivity index (χ3n) is 4.13. The molecular weight excluding hydrogens is 451 g/mol. The molecule has 0 unspecified atom stereocenters. The van der Waals surface area contributed by atoms with E-state index < -0.39 is 10.0 Å². The topological polar surface area (TPSA) is 66.5 Å². The van der Waals surface area contributed by atoms with E-state index in [1.54, 1.807) is 24.3 Å². The number of anilines is 1. The standard InChI is InChI=1S/C18H19IN2O3S/c19-15-7-5-8-16(13-15)20-18(22)14-6-4-9-17(12-14)25(23,24)21-10-2-1-3-11-21/h4-9,12-13H,1-3,10-11H2,(H,20,22). The summed E-state index contributed by atoms with van der Waals surface area (Å²) in [6.07, 6.45) is 2.82. The van der Waals surface area contributed by atoms with Crippen LogP contribution in [0.5, 0.6) is 0 Å². The number of rotatable bonds is 4. The van der Waals surface area contributed by atoms with Gasteiger partial charge in [0.1, 0.15) is 0 Å². The van der Waals surface area contributed by atoms with Crippen molar-refractivity contribution in [2.45, 2.75) is 24.2 Å². The lowest BCUT2D eigenvalue weighted by molar-refractivity contribution is 0.102. The first-order chi connectivity index (χ1) is 12.0. The number of amides is 1. The first-order valence-electron chi connectivity index (χ1n) is 8.14. The molecule has 1 amide bonds. The molecule has 1 heterocycles. The summed E-state index contributed by atoms with van der Waals surface area (Å²) in [5, 5.41) is 2.81. The van der Waals surface area contributed by atoms with E-state index in [0.29, 0.717) is 24.3 Å². The van der Waals surface area contributed by atoms with Crippen LogP contribution in [-0.2, 0) is 10.0 Å². The van der Waals surface area contributed by atoms with Gasteiger partial charge in [-0.05, 0) is 71.8 Å². The number of piperidine rings is 1. The lowest BCUT2D eigenvalue weighted by Crippen LogP contribution is -2.35. The van der Waals surface area contributed by atoms with Gasteiger partial charge in [0.15, 0.2) is 0 Å². The Labute approximate surface area is 161 Å². The number of carbonyl (C=O) groups excluding carboxylic acids is 1. The minimum absolute atomic E-state index is 0.171. The van der Waals surface area contributed by atoms with Crippen molar-refractivity contribution in [1.82, 2.24) is 4.31 Å². The molecule has 5 nitrogen and oxygen atoms in total. The van der Waals surface area contributed by atoms with E-state index in [-0.39, 0.29) is 10.8 Å². The molecule has 2 aromatic carbocycles. The van der Waals surface area contributed by atoms with Gasteiger partial charge in [-0.1, -0.05) is 18.6 Å². The lowest BCUT2D eigenvalue weighted by atomic mass is 10.2. The van der Waals surface area contributed by atoms with E-state index in [1.807, 2.05) is 18.2 Å². The molecule has 25 heavy (non-hydrogen) atoms. The number of sulfonamides is 1. The summed E-state index contributed by atoms with van der Waals surface area (Å²) in [6.45, 7) is 1.09. The van der Waals surface area contributed by atoms with Gasteiger partial charge in [-0.3, -0.25) is 4.79 Å². The smallest absolute Gasteiger partial charge is 0.255 e. The number of hydrogen-bond donors (Lipinski definition) is 1. The highest BCUT2D eigenvalue weighted by Gasteiger charge is 2.26. The molecule has 7 heteroatoms. The first kappa shape index (κ1) is 18.3. The second kappa shape index (κ2) is 7.84. The van der Waals surface area contributed by atoms with Gasteiger partial charge < -0.3 is 5.32 Å². The molecule has 1 N–H and O–H groups in total. The van der Waals surface area contributed by atoms with Crippen molar-refractivity contribution >= 4 is 44.2 Å². The fourth-order valence-corrected chi connectivity index (χ4v) is 4.93. The number of carbonyl (C=O) groups is 1. The average Bonchev–Trinajstić information content (AvgIpc) is 2.62. The molecule has 2 aromatic rings. The predicted octanol–water partition coefficient (Wildman–Crippen LogP) is 3.72. The van der Waals surface area contributed by atoms with Gasteiger partial charge in [0, 0.05) is 27.9 Å². The van der Waals surface area contributed by atoms with Gasteiger partial charge in [0.05, 0.1) is 4.90 Å². The van der Waals surface area contributed by atoms with E-state index in [9.17, 15) is 13.2 Å². The van der Waals surface area contributed by atoms with Crippen molar-refractivity contribution < 1.29 is 13.2 Å². The molecule has 0 radical (unpaired) electrons. The largest absolute Gasteiger partial charge is 0.322 e. The lowest BCUT2D eigenvalue weighted by Gasteiger charge is -2.26. The van der Waals surface area contributed by atoms with Crippen molar-refractivity contribution in [3.8, 4) is 0 Å². The molecule has 0 spiro atoms. The maximum absolute atomic E-state index is 12.8. The Morgan fingerprint density at radius 3 is 2.44 bits per heavy atom. The van der Waals surface area contributed by atoms with Crippen molar-refractivity contribution in [2.75, 3.05) is 18.4 Å². The number of benzene rings is 2. The predicted molar refractivity (Wildman–Crippen MR) is 106 cm³/mol. The number of hydrogen-bond acceptors (Lipinski definition) is 3. The summed E-state index contributed by atoms with van der Waals surface area (Å²) in [5.74, 6) is -0.322. The maximum Gasteiger partial charge on any atom is 0.255 e. The molecule has 1 fully saturated rings. The molecule has 1 aliphatic rings. The Hall–Kier alpha value is -1.45. The van der Waals surface area contributed by atoms with Gasteiger partial charge in [-0.15, -0.1) is 0 Å². The number of nitrogens with zero attached hydrogens (tertiary/aromatic N) is 1. The maximum atomic E-state index is 12.8. The van der Waals surface area contributed by atoms with Gasteiger partial charge in [0.2, 0.25) is 10.0 Å². The van der Waals surface area contributed by atoms with Crippen LogP contribution in [0.2, 0.25) is 0 Å². The minimum Gasteiger partial charge on any atom is -0.322 e. The summed E-state index contributed by atoms with van der Waals surface area (Å²) >= 11 is 2.17. The molecule has 1 aliphatic heterocycles. The van der Waals surface area contributed by atoms with Gasteiger partial charge in [-0.25, -0.2) is 8.42 Å². The molecule has 3 rings (SSSR count). The van der Waals surface area contributed by atoms with E-state index in [1.165, 1.54) is 10.4 Å². The van der Waals surface area contributed by atoms with Crippen LogP contribution >= 0.6 is 22.6 Å². The van der Waals surface area contributed by atoms with Gasteiger partial charge >= 0.3 is 0 Å². The van der Waals surface area contributed by atoms with E-state index >= 15 is 0 Å². The second-order valence-electron chi connectivity index (χ2n) is 5.96. The molecule has 0 saturated carbocycles. The number of halogens is 1. The van der Waals surface area contributed by atoms with E-state index in [4.69, 9.17) is 0 Å². The fourth-order valence-electron chi connectivity index (χ4n) is 2.82. The Morgan fingerprint density at radius 2 is 1.72 bits per heavy atom. The molecule has 132 valence electrons. The zero-order valence-corrected chi connectivity index (χ0v) is 16.6. The van der Waals surface area contributed by atoms with Crippen molar-refractivity contribution in [2.24, 2.45) is 0 Å². The quantitative estimate of drug-likeness (QED) is 0.693. The average molecular weight is 470 g/mol. The van der Waals surface area contributed by atoms with E-state index in [0.717, 1.165) is 22.8 Å². The Morgan fingerprint density at radius 1 is 1.00 bits per heavy atom. The number of nitrogens with one attached hydrogen (secondary N) is 1. The summed E-state index contributed by atoms with van der Waals surface area (Å²) < 4.78 is 28.0. The monoisotopic (exact) mass is 470 g/mol. The highest BCUT2D eigenvalue weighted by atomic mass is 127. The molecule has 0 aromatic heterocycles. The highest BCUT2D eigenvalue weighted by molar-refractivity contribution is 14.1. The van der Waals surface area contributed by atoms with Crippen LogP contribution in [0.1, 0.15) is 29.6 Å². The summed E-state index contributed by atoms with van der Waals surface area (Å²) in [4.78, 5) is 12.6. The van der Waals surface area contributed by atoms with Crippen molar-refractivity contribution in [3.63, 3.8) is 0 Å². The normalized spacial score (nSPS) is 15.7. The SMILES string of the molecule is O=C(Nc1cccc(I)c1)c1cccc(S(=O)(=O)N2CCCCC2)c1. The van der Waals surface area contributed by atoms with Crippen LogP contribution in [0.15, 0.2) is 53.4 Å². The Balaban J connectivity index is 1.82. The second-order valence-corrected chi connectivity index (χ2v) is 9.14. The Bertz CT molecular complexity index is 877. The summed E-state index contributed by atoms with van der Waals surface area (Å²) in [7, 11) is -3.55. The highest BCUT2D eigenvalue weighted by Crippen LogP contribution is 2.22. The van der Waals surface area contributed by atoms with Gasteiger partial charge in [-0.2, -0.15) is 4.31 Å². The molecular formula is C18H19IN2O3S. The minimum atomic E-state index is -3.55. The van der Waals surface area contributed by atoms with Crippen LogP contribution in [0, 0.1) is 3.57 Å². The summed E-state index contributed by atoms with van der Waals surface area (Å²) in [6, 6.07) is 13.7. The first-order valence-corrected chi connectivity index (χ1v) is 10.7. The third-order valence-corrected chi connectivity index (χ3v) is 6.70. The van der Waals surface area contributed by atoms with Crippen LogP contribution in [-0.4, -0.2) is 31.7 Å². The molecule has 0 atom stereocenters. The van der Waals surface area contributed by atoms with Crippen LogP contribution in [0.25, 0.3) is 0 Å². The van der Waals surface area contributed by atoms with E-state index in [2.05, 4.69) is 27.9 Å². The van der Waals surface area contributed by atoms with Crippen LogP contribution < -0.4 is 5.32 Å².